The number of aliphatic hydroxyl groups excluding tert-OH is 2. The van der Waals surface area contributed by atoms with E-state index in [1.165, 1.54) is 5.56 Å². The van der Waals surface area contributed by atoms with Gasteiger partial charge >= 0.3 is 0 Å². The second-order valence-electron chi connectivity index (χ2n) is 9.00. The summed E-state index contributed by atoms with van der Waals surface area (Å²) in [6.45, 7) is 7.21. The lowest BCUT2D eigenvalue weighted by Gasteiger charge is -2.27. The fourth-order valence-electron chi connectivity index (χ4n) is 3.41. The topological polar surface area (TPSA) is 89.6 Å². The highest BCUT2D eigenvalue weighted by Gasteiger charge is 2.24. The van der Waals surface area contributed by atoms with Crippen molar-refractivity contribution in [2.75, 3.05) is 19.1 Å². The smallest absolute Gasteiger partial charge is 0.132 e. The summed E-state index contributed by atoms with van der Waals surface area (Å²) in [4.78, 5) is 0. The molecule has 2 atom stereocenters. The number of alkyl halides is 1. The molecule has 1 heterocycles. The fraction of sp³-hybridized carbons (Fsp3) is 0.440. The van der Waals surface area contributed by atoms with Gasteiger partial charge in [-0.3, -0.25) is 0 Å². The average Bonchev–Trinajstić information content (AvgIpc) is 3.20. The van der Waals surface area contributed by atoms with Crippen LogP contribution in [0, 0.1) is 13.2 Å². The maximum absolute atomic E-state index is 10.4. The van der Waals surface area contributed by atoms with Crippen molar-refractivity contribution in [2.45, 2.75) is 45.4 Å². The number of rotatable bonds is 12. The average molecular weight is 722 g/mol. The lowest BCUT2D eigenvalue weighted by atomic mass is 9.78. The van der Waals surface area contributed by atoms with Gasteiger partial charge in [-0.05, 0) is 80.6 Å². The summed E-state index contributed by atoms with van der Waals surface area (Å²) in [5, 5.41) is 27.5. The van der Waals surface area contributed by atoms with E-state index < -0.39 is 6.10 Å². The molecule has 0 aliphatic carbocycles. The van der Waals surface area contributed by atoms with Gasteiger partial charge in [0, 0.05) is 17.2 Å². The van der Waals surface area contributed by atoms with Crippen LogP contribution >= 0.6 is 56.8 Å². The molecule has 0 saturated heterocycles. The molecule has 10 heteroatoms. The fourth-order valence-corrected chi connectivity index (χ4v) is 4.75. The summed E-state index contributed by atoms with van der Waals surface area (Å²) < 4.78 is 14.9. The summed E-state index contributed by atoms with van der Waals surface area (Å²) >= 11 is 10.2. The molecule has 0 fully saturated rings. The third-order valence-electron chi connectivity index (χ3n) is 5.73. The van der Waals surface area contributed by atoms with Crippen molar-refractivity contribution >= 4 is 56.8 Å². The summed E-state index contributed by atoms with van der Waals surface area (Å²) in [6.07, 6.45) is -0.767. The molecule has 2 N–H and O–H groups in total. The molecule has 0 aliphatic rings. The van der Waals surface area contributed by atoms with E-state index in [-0.39, 0.29) is 25.2 Å². The molecule has 3 aromatic rings. The maximum Gasteiger partial charge on any atom is 0.132 e. The van der Waals surface area contributed by atoms with Crippen molar-refractivity contribution in [1.82, 2.24) is 15.0 Å². The number of hydrogen-bond acceptors (Lipinski definition) is 6. The minimum Gasteiger partial charge on any atom is -0.493 e. The highest BCUT2D eigenvalue weighted by atomic mass is 127. The van der Waals surface area contributed by atoms with Gasteiger partial charge in [-0.25, -0.2) is 4.68 Å². The number of aromatic nitrogens is 3. The molecular weight excluding hydrogens is 692 g/mol. The summed E-state index contributed by atoms with van der Waals surface area (Å²) in [5.41, 5.74) is 2.62. The van der Waals surface area contributed by atoms with Crippen molar-refractivity contribution in [2.24, 2.45) is 5.92 Å². The Morgan fingerprint density at radius 1 is 1.11 bits per heavy atom. The zero-order chi connectivity index (χ0) is 25.6. The van der Waals surface area contributed by atoms with Crippen LogP contribution in [0.1, 0.15) is 37.6 Å². The molecule has 0 amide bonds. The predicted octanol–water partition coefficient (Wildman–Crippen LogP) is 5.00. The highest BCUT2D eigenvalue weighted by Crippen LogP contribution is 2.35. The lowest BCUT2D eigenvalue weighted by molar-refractivity contribution is 0.0877. The molecule has 35 heavy (non-hydrogen) atoms. The monoisotopic (exact) mass is 721 g/mol. The van der Waals surface area contributed by atoms with Crippen LogP contribution in [-0.2, 0) is 18.6 Å². The Hall–Kier alpha value is -1.15. The van der Waals surface area contributed by atoms with Crippen LogP contribution in [0.3, 0.4) is 0 Å². The number of aliphatic hydroxyl groups is 2. The lowest BCUT2D eigenvalue weighted by Crippen LogP contribution is -2.25. The van der Waals surface area contributed by atoms with Gasteiger partial charge in [-0.15, -0.1) is 16.7 Å². The SMILES string of the molecule is C[C@H](CCl)COc1ccc(C(C)(C)c2ccc(OC[C@@H](O)Cn3nnc(CO)c3[123I])c(I)c2)cc1. The zero-order valence-corrected chi connectivity index (χ0v) is 25.0. The summed E-state index contributed by atoms with van der Waals surface area (Å²) in [5.74, 6) is 2.44. The Bertz CT molecular complexity index is 1110. The van der Waals surface area contributed by atoms with E-state index >= 15 is 0 Å². The van der Waals surface area contributed by atoms with Gasteiger partial charge in [0.15, 0.2) is 0 Å². The molecule has 0 saturated carbocycles. The van der Waals surface area contributed by atoms with E-state index in [2.05, 4.69) is 101 Å². The summed E-state index contributed by atoms with van der Waals surface area (Å²) in [6, 6.07) is 14.3. The Morgan fingerprint density at radius 2 is 1.80 bits per heavy atom. The van der Waals surface area contributed by atoms with Gasteiger partial charge in [0.2, 0.25) is 0 Å². The first-order chi connectivity index (χ1) is 16.6. The quantitative estimate of drug-likeness (QED) is 0.202. The van der Waals surface area contributed by atoms with Crippen LogP contribution in [0.4, 0.5) is 0 Å². The van der Waals surface area contributed by atoms with E-state index in [4.69, 9.17) is 21.1 Å². The number of ether oxygens (including phenoxy) is 2. The second kappa shape index (κ2) is 12.9. The van der Waals surface area contributed by atoms with Crippen LogP contribution in [-0.4, -0.2) is 50.4 Å². The van der Waals surface area contributed by atoms with E-state index in [0.29, 0.717) is 33.5 Å². The molecule has 0 radical (unpaired) electrons. The molecule has 0 aliphatic heterocycles. The normalized spacial score (nSPS) is 13.5. The van der Waals surface area contributed by atoms with E-state index in [1.54, 1.807) is 4.68 Å². The Kier molecular flexibility index (Phi) is 10.5. The molecule has 190 valence electrons. The minimum atomic E-state index is -0.767. The van der Waals surface area contributed by atoms with Crippen molar-refractivity contribution in [3.8, 4) is 11.5 Å². The standard InChI is InChI=1S/C25H30ClI2N3O4/c1-16(11-26)14-34-20-7-4-17(5-8-20)25(2,3)18-6-9-23(21(27)10-18)35-15-19(33)12-31-24(28)22(13-32)29-30-31/h4-10,16,19,32-33H,11-15H2,1-3H3/t16-,19+/m1/s1/i28-4. The predicted molar refractivity (Wildman–Crippen MR) is 153 cm³/mol. The molecule has 7 nitrogen and oxygen atoms in total. The second-order valence-corrected chi connectivity index (χ2v) is 11.5. The van der Waals surface area contributed by atoms with Crippen molar-refractivity contribution in [3.05, 3.63) is 66.6 Å². The number of benzene rings is 2. The minimum absolute atomic E-state index is 0.118. The Labute approximate surface area is 238 Å². The first kappa shape index (κ1) is 28.4. The first-order valence-electron chi connectivity index (χ1n) is 11.2. The van der Waals surface area contributed by atoms with Gasteiger partial charge in [0.25, 0.3) is 0 Å². The highest BCUT2D eigenvalue weighted by molar-refractivity contribution is 14.1. The van der Waals surface area contributed by atoms with Gasteiger partial charge < -0.3 is 19.7 Å². The van der Waals surface area contributed by atoms with E-state index in [1.807, 2.05) is 18.2 Å². The molecule has 0 unspecified atom stereocenters. The van der Waals surface area contributed by atoms with Crippen molar-refractivity contribution in [3.63, 3.8) is 0 Å². The number of nitrogens with zero attached hydrogens (tertiary/aromatic N) is 3. The largest absolute Gasteiger partial charge is 0.493 e. The molecule has 0 bridgehead atoms. The van der Waals surface area contributed by atoms with Gasteiger partial charge in [0.1, 0.15) is 33.6 Å². The Balaban J connectivity index is 1.62. The van der Waals surface area contributed by atoms with Gasteiger partial charge in [-0.2, -0.15) is 0 Å². The van der Waals surface area contributed by atoms with Crippen LogP contribution in [0.2, 0.25) is 0 Å². The van der Waals surface area contributed by atoms with E-state index in [9.17, 15) is 10.2 Å². The van der Waals surface area contributed by atoms with Crippen molar-refractivity contribution in [1.29, 1.82) is 0 Å². The maximum atomic E-state index is 10.4. The third-order valence-corrected chi connectivity index (χ3v) is 8.28. The van der Waals surface area contributed by atoms with Gasteiger partial charge in [0.05, 0.1) is 23.3 Å². The van der Waals surface area contributed by atoms with Crippen LogP contribution < -0.4 is 9.47 Å². The Morgan fingerprint density at radius 3 is 2.40 bits per heavy atom. The molecule has 2 aromatic carbocycles. The molecular formula is C25H30ClI2N3O4. The molecule has 0 spiro atoms. The first-order valence-corrected chi connectivity index (χ1v) is 13.9. The van der Waals surface area contributed by atoms with E-state index in [0.717, 1.165) is 14.9 Å². The van der Waals surface area contributed by atoms with Crippen LogP contribution in [0.15, 0.2) is 42.5 Å². The van der Waals surface area contributed by atoms with Crippen molar-refractivity contribution < 1.29 is 19.7 Å². The zero-order valence-electron chi connectivity index (χ0n) is 19.9. The molecule has 3 rings (SSSR count). The number of halogens is 3. The third kappa shape index (κ3) is 7.43. The van der Waals surface area contributed by atoms with Gasteiger partial charge in [-0.1, -0.05) is 44.2 Å². The summed E-state index contributed by atoms with van der Waals surface area (Å²) in [7, 11) is 0. The van der Waals surface area contributed by atoms with Crippen LogP contribution in [0.5, 0.6) is 11.5 Å². The van der Waals surface area contributed by atoms with Crippen LogP contribution in [0.25, 0.3) is 0 Å². The molecule has 1 aromatic heterocycles. The number of hydrogen-bond donors (Lipinski definition) is 2.